The number of para-hydroxylation sites is 1. The molecule has 5 aromatic rings. The first-order valence-electron chi connectivity index (χ1n) is 18.5. The number of imide groups is 2. The van der Waals surface area contributed by atoms with Crippen molar-refractivity contribution in [3.63, 3.8) is 0 Å². The first-order chi connectivity index (χ1) is 26.1. The molecular formula is C41H42N8O5. The Morgan fingerprint density at radius 1 is 0.889 bits per heavy atom. The molecular weight excluding hydrogens is 685 g/mol. The summed E-state index contributed by atoms with van der Waals surface area (Å²) in [5.41, 5.74) is 9.39. The van der Waals surface area contributed by atoms with E-state index in [0.717, 1.165) is 65.8 Å². The summed E-state index contributed by atoms with van der Waals surface area (Å²) in [5, 5.41) is 11.7. The van der Waals surface area contributed by atoms with Crippen LogP contribution in [0.5, 0.6) is 11.5 Å². The number of hydrogen-bond acceptors (Lipinski definition) is 10. The van der Waals surface area contributed by atoms with Crippen molar-refractivity contribution in [2.24, 2.45) is 5.92 Å². The Morgan fingerprint density at radius 3 is 2.43 bits per heavy atom. The number of carbonyl (C=O) groups is 4. The summed E-state index contributed by atoms with van der Waals surface area (Å²) >= 11 is 0. The van der Waals surface area contributed by atoms with Crippen molar-refractivity contribution < 1.29 is 23.9 Å². The third kappa shape index (κ3) is 6.65. The van der Waals surface area contributed by atoms with Crippen LogP contribution in [0.1, 0.15) is 92.0 Å². The average Bonchev–Trinajstić information content (AvgIpc) is 3.55. The lowest BCUT2D eigenvalue weighted by Gasteiger charge is -2.33. The highest BCUT2D eigenvalue weighted by Crippen LogP contribution is 2.41. The molecule has 54 heavy (non-hydrogen) atoms. The Hall–Kier alpha value is -6.11. The van der Waals surface area contributed by atoms with Gasteiger partial charge in [-0.1, -0.05) is 43.5 Å². The Balaban J connectivity index is 1.02. The van der Waals surface area contributed by atoms with Crippen molar-refractivity contribution in [1.29, 1.82) is 0 Å². The van der Waals surface area contributed by atoms with Gasteiger partial charge in [-0.15, -0.1) is 0 Å². The van der Waals surface area contributed by atoms with Gasteiger partial charge in [-0.25, -0.2) is 14.6 Å². The zero-order valence-electron chi connectivity index (χ0n) is 30.2. The van der Waals surface area contributed by atoms with Gasteiger partial charge in [0.2, 0.25) is 11.8 Å². The van der Waals surface area contributed by atoms with Crippen LogP contribution in [0.2, 0.25) is 0 Å². The standard InChI is InChI=1S/C41H42N8O5/c1-41(2,46-30-14-8-13-29-33(30)40(53)48(39(29)52)31-19-20-32(50)45-38(31)51)22-24-9-6-7-10-26(21-24)49-37-34(36(42)43-23-44-37)35(47-49)25-15-17-28(18-16-25)54-27-11-4-3-5-12-27/h3-5,8,11-18,23-24,26,31,46H,6-7,9-10,19-22H2,1-2H3,(H2,42,43,44)(H,45,50,51)/t24?,26-,31?/m1/s1. The van der Waals surface area contributed by atoms with Crippen LogP contribution < -0.4 is 21.1 Å². The van der Waals surface area contributed by atoms with Crippen LogP contribution in [0.25, 0.3) is 22.3 Å². The topological polar surface area (TPSA) is 174 Å². The van der Waals surface area contributed by atoms with E-state index in [1.807, 2.05) is 59.3 Å². The molecule has 0 bridgehead atoms. The lowest BCUT2D eigenvalue weighted by atomic mass is 9.84. The van der Waals surface area contributed by atoms with Crippen LogP contribution >= 0.6 is 0 Å². The van der Waals surface area contributed by atoms with Gasteiger partial charge in [0.1, 0.15) is 35.4 Å². The molecule has 2 fully saturated rings. The van der Waals surface area contributed by atoms with Crippen LogP contribution in [0, 0.1) is 5.92 Å². The van der Waals surface area contributed by atoms with Gasteiger partial charge in [0.25, 0.3) is 11.8 Å². The number of rotatable bonds is 9. The van der Waals surface area contributed by atoms with E-state index >= 15 is 0 Å². The van der Waals surface area contributed by atoms with E-state index in [1.54, 1.807) is 18.2 Å². The number of anilines is 2. The minimum absolute atomic E-state index is 0.0675. The zero-order valence-corrected chi connectivity index (χ0v) is 30.2. The second-order valence-corrected chi connectivity index (χ2v) is 15.1. The maximum atomic E-state index is 13.8. The highest BCUT2D eigenvalue weighted by atomic mass is 16.5. The molecule has 0 radical (unpaired) electrons. The van der Waals surface area contributed by atoms with Gasteiger partial charge < -0.3 is 15.8 Å². The number of fused-ring (bicyclic) bond motifs is 2. The zero-order chi connectivity index (χ0) is 37.6. The largest absolute Gasteiger partial charge is 0.457 e. The van der Waals surface area contributed by atoms with E-state index in [-0.39, 0.29) is 30.0 Å². The number of nitrogens with one attached hydrogen (secondary N) is 2. The molecule has 4 amide bonds. The molecule has 1 saturated carbocycles. The predicted octanol–water partition coefficient (Wildman–Crippen LogP) is 6.67. The number of aromatic nitrogens is 4. The summed E-state index contributed by atoms with van der Waals surface area (Å²) in [4.78, 5) is 61.6. The minimum Gasteiger partial charge on any atom is -0.457 e. The molecule has 3 aromatic carbocycles. The summed E-state index contributed by atoms with van der Waals surface area (Å²) in [7, 11) is 0. The molecule has 2 aliphatic heterocycles. The molecule has 4 heterocycles. The van der Waals surface area contributed by atoms with Gasteiger partial charge >= 0.3 is 0 Å². The fourth-order valence-electron chi connectivity index (χ4n) is 8.35. The van der Waals surface area contributed by atoms with Crippen LogP contribution in [0.3, 0.4) is 0 Å². The summed E-state index contributed by atoms with van der Waals surface area (Å²) in [6.07, 6.45) is 7.39. The Kier molecular flexibility index (Phi) is 9.08. The molecule has 1 aliphatic carbocycles. The van der Waals surface area contributed by atoms with E-state index in [9.17, 15) is 19.2 Å². The second-order valence-electron chi connectivity index (χ2n) is 15.1. The lowest BCUT2D eigenvalue weighted by Crippen LogP contribution is -2.54. The molecule has 276 valence electrons. The highest BCUT2D eigenvalue weighted by molar-refractivity contribution is 6.25. The van der Waals surface area contributed by atoms with E-state index in [1.165, 1.54) is 6.33 Å². The maximum Gasteiger partial charge on any atom is 0.264 e. The number of nitrogens with zero attached hydrogens (tertiary/aromatic N) is 5. The lowest BCUT2D eigenvalue weighted by molar-refractivity contribution is -0.136. The molecule has 3 aliphatic rings. The van der Waals surface area contributed by atoms with Crippen LogP contribution in [0.4, 0.5) is 11.5 Å². The Labute approximate surface area is 312 Å². The Bertz CT molecular complexity index is 2270. The number of hydrogen-bond donors (Lipinski definition) is 3. The van der Waals surface area contributed by atoms with Crippen molar-refractivity contribution in [1.82, 2.24) is 30.0 Å². The number of ether oxygens (including phenoxy) is 1. The number of carbonyl (C=O) groups excluding carboxylic acids is 4. The van der Waals surface area contributed by atoms with Gasteiger partial charge in [-0.05, 0) is 94.0 Å². The molecule has 1 saturated heterocycles. The average molecular weight is 727 g/mol. The van der Waals surface area contributed by atoms with E-state index in [4.69, 9.17) is 15.6 Å². The van der Waals surface area contributed by atoms with Crippen molar-refractivity contribution >= 4 is 46.2 Å². The first-order valence-corrected chi connectivity index (χ1v) is 18.5. The van der Waals surface area contributed by atoms with E-state index in [2.05, 4.69) is 34.4 Å². The molecule has 3 atom stereocenters. The van der Waals surface area contributed by atoms with Gasteiger partial charge in [0.15, 0.2) is 5.65 Å². The van der Waals surface area contributed by atoms with Crippen molar-refractivity contribution in [2.45, 2.75) is 82.8 Å². The quantitative estimate of drug-likeness (QED) is 0.110. The monoisotopic (exact) mass is 726 g/mol. The number of benzene rings is 3. The normalized spacial score (nSPS) is 20.5. The number of amides is 4. The number of nitrogens with two attached hydrogens (primary N) is 1. The first kappa shape index (κ1) is 34.9. The third-order valence-electron chi connectivity index (χ3n) is 10.7. The SMILES string of the molecule is CC(C)(CC1CCCC[C@@H](n2nc(-c3ccc(Oc4ccccc4)cc3)c3c(N)ncnc32)C1)Nc1cccc2c1C(=O)N(C1CCC(=O)NC1=O)C2=O. The number of piperidine rings is 1. The predicted molar refractivity (Wildman–Crippen MR) is 203 cm³/mol. The van der Waals surface area contributed by atoms with Crippen molar-refractivity contribution in [3.05, 3.63) is 90.3 Å². The molecule has 2 unspecified atom stereocenters. The van der Waals surface area contributed by atoms with Gasteiger partial charge in [0.05, 0.1) is 22.6 Å². The van der Waals surface area contributed by atoms with Crippen molar-refractivity contribution in [3.8, 4) is 22.8 Å². The smallest absolute Gasteiger partial charge is 0.264 e. The molecule has 0 spiro atoms. The highest BCUT2D eigenvalue weighted by Gasteiger charge is 2.46. The fraction of sp³-hybridized carbons (Fsp3) is 0.341. The summed E-state index contributed by atoms with van der Waals surface area (Å²) in [5.74, 6) is 0.0670. The summed E-state index contributed by atoms with van der Waals surface area (Å²) in [6.45, 7) is 4.21. The summed E-state index contributed by atoms with van der Waals surface area (Å²) in [6, 6.07) is 21.6. The summed E-state index contributed by atoms with van der Waals surface area (Å²) < 4.78 is 8.05. The molecule has 8 rings (SSSR count). The fourth-order valence-corrected chi connectivity index (χ4v) is 8.35. The van der Waals surface area contributed by atoms with Crippen LogP contribution in [-0.2, 0) is 9.59 Å². The third-order valence-corrected chi connectivity index (χ3v) is 10.7. The minimum atomic E-state index is -1.02. The van der Waals surface area contributed by atoms with Crippen LogP contribution in [-0.4, -0.2) is 59.9 Å². The number of nitrogen functional groups attached to an aromatic ring is 1. The molecule has 4 N–H and O–H groups in total. The van der Waals surface area contributed by atoms with E-state index < -0.39 is 35.2 Å². The van der Waals surface area contributed by atoms with Gasteiger partial charge in [0, 0.05) is 23.2 Å². The maximum absolute atomic E-state index is 13.8. The molecule has 13 nitrogen and oxygen atoms in total. The Morgan fingerprint density at radius 2 is 1.65 bits per heavy atom. The van der Waals surface area contributed by atoms with Gasteiger partial charge in [-0.2, -0.15) is 5.10 Å². The van der Waals surface area contributed by atoms with E-state index in [0.29, 0.717) is 28.8 Å². The second kappa shape index (κ2) is 14.0. The van der Waals surface area contributed by atoms with Gasteiger partial charge in [-0.3, -0.25) is 29.4 Å². The molecule has 2 aromatic heterocycles. The van der Waals surface area contributed by atoms with Crippen molar-refractivity contribution in [2.75, 3.05) is 11.1 Å². The molecule has 13 heteroatoms. The van der Waals surface area contributed by atoms with Crippen LogP contribution in [0.15, 0.2) is 79.1 Å².